The molecule has 2 heteroatoms. The lowest BCUT2D eigenvalue weighted by atomic mass is 9.83. The van der Waals surface area contributed by atoms with E-state index in [0.29, 0.717) is 6.54 Å². The summed E-state index contributed by atoms with van der Waals surface area (Å²) in [6.45, 7) is 13.4. The molecule has 0 spiro atoms. The lowest BCUT2D eigenvalue weighted by molar-refractivity contribution is 0.969. The molecular weight excluding hydrogens is 316 g/mol. The standard InChI is InChI=1S/C24H28N2/c1-6-7-21-17(4)18(5)26-24-16(3)14-15(2)22(23(21)24)20-10-8-19(9-11-20)12-13-25/h6-11,14,26H,5,12-13,25H2,1-4H3/b7-6-. The van der Waals surface area contributed by atoms with Crippen LogP contribution in [0.4, 0.5) is 5.69 Å². The van der Waals surface area contributed by atoms with Gasteiger partial charge in [-0.15, -0.1) is 0 Å². The predicted molar refractivity (Wildman–Crippen MR) is 114 cm³/mol. The molecule has 0 bridgehead atoms. The van der Waals surface area contributed by atoms with Gasteiger partial charge in [-0.2, -0.15) is 0 Å². The van der Waals surface area contributed by atoms with Crippen LogP contribution in [0.5, 0.6) is 0 Å². The molecular formula is C24H28N2. The number of hydrogen-bond donors (Lipinski definition) is 2. The number of aryl methyl sites for hydroxylation is 2. The largest absolute Gasteiger partial charge is 0.355 e. The topological polar surface area (TPSA) is 38.0 Å². The molecule has 1 aliphatic heterocycles. The first-order valence-electron chi connectivity index (χ1n) is 9.21. The number of hydrogen-bond acceptors (Lipinski definition) is 2. The Bertz CT molecular complexity index is 912. The number of fused-ring (bicyclic) bond motifs is 1. The molecule has 2 aromatic carbocycles. The van der Waals surface area contributed by atoms with Gasteiger partial charge in [0.25, 0.3) is 0 Å². The summed E-state index contributed by atoms with van der Waals surface area (Å²) in [5, 5.41) is 3.53. The maximum absolute atomic E-state index is 5.69. The van der Waals surface area contributed by atoms with Crippen molar-refractivity contribution in [2.45, 2.75) is 34.1 Å². The summed E-state index contributed by atoms with van der Waals surface area (Å²) in [5.74, 6) is 0. The molecule has 0 atom stereocenters. The quantitative estimate of drug-likeness (QED) is 0.740. The Balaban J connectivity index is 2.29. The van der Waals surface area contributed by atoms with Crippen LogP contribution in [0.25, 0.3) is 16.7 Å². The normalized spacial score (nSPS) is 14.0. The Labute approximate surface area is 157 Å². The second kappa shape index (κ2) is 7.35. The Morgan fingerprint density at radius 3 is 2.35 bits per heavy atom. The van der Waals surface area contributed by atoms with E-state index in [1.54, 1.807) is 0 Å². The molecule has 0 fully saturated rings. The van der Waals surface area contributed by atoms with Gasteiger partial charge in [-0.25, -0.2) is 0 Å². The van der Waals surface area contributed by atoms with Crippen molar-refractivity contribution >= 4 is 11.3 Å². The van der Waals surface area contributed by atoms with Crippen LogP contribution in [0.2, 0.25) is 0 Å². The summed E-state index contributed by atoms with van der Waals surface area (Å²) in [5.41, 5.74) is 17.9. The molecule has 0 aliphatic carbocycles. The molecule has 0 saturated carbocycles. The Hall–Kier alpha value is -2.58. The molecule has 0 unspecified atom stereocenters. The number of allylic oxidation sites excluding steroid dienone is 4. The van der Waals surface area contributed by atoms with Gasteiger partial charge in [0.2, 0.25) is 0 Å². The van der Waals surface area contributed by atoms with Gasteiger partial charge in [0.1, 0.15) is 0 Å². The summed E-state index contributed by atoms with van der Waals surface area (Å²) in [6.07, 6.45) is 5.22. The van der Waals surface area contributed by atoms with Gasteiger partial charge >= 0.3 is 0 Å². The molecule has 1 heterocycles. The third kappa shape index (κ3) is 3.13. The molecule has 2 nitrogen and oxygen atoms in total. The van der Waals surface area contributed by atoms with Crippen LogP contribution in [0.15, 0.2) is 60.3 Å². The summed E-state index contributed by atoms with van der Waals surface area (Å²) >= 11 is 0. The zero-order chi connectivity index (χ0) is 18.8. The first-order valence-corrected chi connectivity index (χ1v) is 9.21. The maximum atomic E-state index is 5.69. The zero-order valence-corrected chi connectivity index (χ0v) is 16.2. The van der Waals surface area contributed by atoms with Gasteiger partial charge < -0.3 is 11.1 Å². The summed E-state index contributed by atoms with van der Waals surface area (Å²) in [4.78, 5) is 0. The van der Waals surface area contributed by atoms with Gasteiger partial charge in [-0.05, 0) is 79.6 Å². The molecule has 3 rings (SSSR count). The minimum atomic E-state index is 0.678. The van der Waals surface area contributed by atoms with E-state index in [4.69, 9.17) is 5.73 Å². The number of nitrogens with one attached hydrogen (secondary N) is 1. The summed E-state index contributed by atoms with van der Waals surface area (Å²) in [7, 11) is 0. The van der Waals surface area contributed by atoms with Crippen molar-refractivity contribution in [2.24, 2.45) is 5.73 Å². The Morgan fingerprint density at radius 2 is 1.73 bits per heavy atom. The highest BCUT2D eigenvalue weighted by molar-refractivity contribution is 5.99. The van der Waals surface area contributed by atoms with Gasteiger partial charge in [0.05, 0.1) is 0 Å². The average molecular weight is 345 g/mol. The highest BCUT2D eigenvalue weighted by Gasteiger charge is 2.24. The number of benzene rings is 2. The van der Waals surface area contributed by atoms with Crippen LogP contribution in [-0.2, 0) is 6.42 Å². The lowest BCUT2D eigenvalue weighted by Gasteiger charge is -2.29. The van der Waals surface area contributed by atoms with Gasteiger partial charge in [-0.1, -0.05) is 49.1 Å². The molecule has 0 radical (unpaired) electrons. The Morgan fingerprint density at radius 1 is 1.04 bits per heavy atom. The van der Waals surface area contributed by atoms with E-state index in [1.165, 1.54) is 50.2 Å². The second-order valence-corrected chi connectivity index (χ2v) is 7.01. The first-order chi connectivity index (χ1) is 12.5. The van der Waals surface area contributed by atoms with Crippen molar-refractivity contribution in [1.29, 1.82) is 0 Å². The van der Waals surface area contributed by atoms with Crippen LogP contribution < -0.4 is 11.1 Å². The summed E-state index contributed by atoms with van der Waals surface area (Å²) < 4.78 is 0. The SMILES string of the molecule is C=C1Nc2c(C)cc(C)c(-c3ccc(CCN)cc3)c2C(/C=C\C)=C1C. The molecule has 0 aromatic heterocycles. The molecule has 1 aliphatic rings. The molecule has 0 saturated heterocycles. The van der Waals surface area contributed by atoms with Crippen LogP contribution in [0.1, 0.15) is 36.1 Å². The first kappa shape index (κ1) is 18.2. The molecule has 0 amide bonds. The van der Waals surface area contributed by atoms with E-state index in [2.05, 4.69) is 82.1 Å². The molecule has 2 aromatic rings. The fourth-order valence-corrected chi connectivity index (χ4v) is 3.77. The average Bonchev–Trinajstić information content (AvgIpc) is 2.61. The third-order valence-corrected chi connectivity index (χ3v) is 5.13. The maximum Gasteiger partial charge on any atom is 0.0500 e. The van der Waals surface area contributed by atoms with Crippen molar-refractivity contribution in [3.05, 3.63) is 82.6 Å². The third-order valence-electron chi connectivity index (χ3n) is 5.13. The summed E-state index contributed by atoms with van der Waals surface area (Å²) in [6, 6.07) is 11.1. The second-order valence-electron chi connectivity index (χ2n) is 7.01. The highest BCUT2D eigenvalue weighted by atomic mass is 14.9. The minimum absolute atomic E-state index is 0.678. The van der Waals surface area contributed by atoms with E-state index in [1.807, 2.05) is 0 Å². The van der Waals surface area contributed by atoms with Crippen molar-refractivity contribution in [1.82, 2.24) is 0 Å². The van der Waals surface area contributed by atoms with Crippen molar-refractivity contribution in [3.8, 4) is 11.1 Å². The lowest BCUT2D eigenvalue weighted by Crippen LogP contribution is -2.13. The van der Waals surface area contributed by atoms with Gasteiger partial charge in [0.15, 0.2) is 0 Å². The number of nitrogens with two attached hydrogens (primary N) is 1. The molecule has 3 N–H and O–H groups in total. The smallest absolute Gasteiger partial charge is 0.0500 e. The van der Waals surface area contributed by atoms with E-state index in [9.17, 15) is 0 Å². The van der Waals surface area contributed by atoms with Crippen LogP contribution >= 0.6 is 0 Å². The monoisotopic (exact) mass is 344 g/mol. The van der Waals surface area contributed by atoms with Crippen molar-refractivity contribution in [3.63, 3.8) is 0 Å². The minimum Gasteiger partial charge on any atom is -0.355 e. The van der Waals surface area contributed by atoms with Crippen LogP contribution in [0, 0.1) is 13.8 Å². The van der Waals surface area contributed by atoms with E-state index >= 15 is 0 Å². The zero-order valence-electron chi connectivity index (χ0n) is 16.2. The number of anilines is 1. The Kier molecular flexibility index (Phi) is 5.15. The van der Waals surface area contributed by atoms with Crippen molar-refractivity contribution in [2.75, 3.05) is 11.9 Å². The van der Waals surface area contributed by atoms with Crippen molar-refractivity contribution < 1.29 is 0 Å². The van der Waals surface area contributed by atoms with Gasteiger partial charge in [0, 0.05) is 16.9 Å². The highest BCUT2D eigenvalue weighted by Crippen LogP contribution is 2.45. The fourth-order valence-electron chi connectivity index (χ4n) is 3.77. The number of rotatable bonds is 4. The van der Waals surface area contributed by atoms with Crippen LogP contribution in [-0.4, -0.2) is 6.54 Å². The molecule has 26 heavy (non-hydrogen) atoms. The van der Waals surface area contributed by atoms with Crippen LogP contribution in [0.3, 0.4) is 0 Å². The van der Waals surface area contributed by atoms with E-state index in [-0.39, 0.29) is 0 Å². The fraction of sp³-hybridized carbons (Fsp3) is 0.250. The van der Waals surface area contributed by atoms with E-state index < -0.39 is 0 Å². The predicted octanol–water partition coefficient (Wildman–Crippen LogP) is 5.76. The molecule has 134 valence electrons. The van der Waals surface area contributed by atoms with Gasteiger partial charge in [-0.3, -0.25) is 0 Å². The van der Waals surface area contributed by atoms with E-state index in [0.717, 1.165) is 12.1 Å².